The van der Waals surface area contributed by atoms with Gasteiger partial charge in [-0.3, -0.25) is 14.1 Å². The molecule has 0 unspecified atom stereocenters. The van der Waals surface area contributed by atoms with E-state index in [0.29, 0.717) is 0 Å². The van der Waals surface area contributed by atoms with E-state index in [1.807, 2.05) is 6.26 Å². The summed E-state index contributed by atoms with van der Waals surface area (Å²) in [7, 11) is -4.67. The van der Waals surface area contributed by atoms with Crippen molar-refractivity contribution < 1.29 is 17.5 Å². The van der Waals surface area contributed by atoms with Crippen LogP contribution in [0.25, 0.3) is 0 Å². The molecule has 72 valence electrons. The normalized spacial score (nSPS) is 15.8. The van der Waals surface area contributed by atoms with E-state index in [2.05, 4.69) is 10.3 Å². The quantitative estimate of drug-likeness (QED) is 0.477. The monoisotopic (exact) mass is 214 g/mol. The Balaban J connectivity index is 0.000000217. The molecule has 0 fully saturated rings. The summed E-state index contributed by atoms with van der Waals surface area (Å²) in [5.74, 6) is 0. The molecule has 8 heteroatoms. The Bertz CT molecular complexity index is 240. The largest absolute Gasteiger partial charge is 0.394 e. The number of rotatable bonds is 0. The van der Waals surface area contributed by atoms with Gasteiger partial charge in [0.1, 0.15) is 0 Å². The second-order valence-corrected chi connectivity index (χ2v) is 3.46. The molecule has 12 heavy (non-hydrogen) atoms. The zero-order valence-corrected chi connectivity index (χ0v) is 8.02. The van der Waals surface area contributed by atoms with E-state index in [-0.39, 0.29) is 0 Å². The summed E-state index contributed by atoms with van der Waals surface area (Å²) < 4.78 is 31.6. The molecule has 0 aliphatic carbocycles. The molecule has 0 aromatic carbocycles. The first-order chi connectivity index (χ1) is 5.43. The number of hydrogen-bond donors (Lipinski definition) is 3. The highest BCUT2D eigenvalue weighted by molar-refractivity contribution is 8.13. The SMILES string of the molecule is CSC1=NCCN1.O=S(=O)(O)O. The highest BCUT2D eigenvalue weighted by atomic mass is 32.3. The van der Waals surface area contributed by atoms with Gasteiger partial charge in [-0.2, -0.15) is 8.42 Å². The Kier molecular flexibility index (Phi) is 5.22. The predicted molar refractivity (Wildman–Crippen MR) is 48.0 cm³/mol. The third-order valence-corrected chi connectivity index (χ3v) is 1.50. The van der Waals surface area contributed by atoms with Gasteiger partial charge in [-0.1, -0.05) is 11.8 Å². The van der Waals surface area contributed by atoms with E-state index in [1.165, 1.54) is 0 Å². The lowest BCUT2D eigenvalue weighted by Crippen LogP contribution is -2.14. The molecular formula is C4H10N2O4S2. The van der Waals surface area contributed by atoms with E-state index in [0.717, 1.165) is 18.3 Å². The zero-order chi connectivity index (χ0) is 9.61. The van der Waals surface area contributed by atoms with Crippen molar-refractivity contribution in [3.63, 3.8) is 0 Å². The fourth-order valence-electron chi connectivity index (χ4n) is 0.513. The van der Waals surface area contributed by atoms with Gasteiger partial charge in [-0.05, 0) is 6.26 Å². The number of thioether (sulfide) groups is 1. The number of amidine groups is 1. The van der Waals surface area contributed by atoms with Crippen LogP contribution < -0.4 is 5.32 Å². The van der Waals surface area contributed by atoms with Gasteiger partial charge in [-0.25, -0.2) is 0 Å². The fraction of sp³-hybridized carbons (Fsp3) is 0.750. The Morgan fingerprint density at radius 2 is 2.08 bits per heavy atom. The molecule has 0 bridgehead atoms. The van der Waals surface area contributed by atoms with Gasteiger partial charge < -0.3 is 5.32 Å². The summed E-state index contributed by atoms with van der Waals surface area (Å²) in [6.45, 7) is 1.98. The van der Waals surface area contributed by atoms with Crippen molar-refractivity contribution in [2.45, 2.75) is 0 Å². The second kappa shape index (κ2) is 5.36. The molecule has 1 heterocycles. The summed E-state index contributed by atoms with van der Waals surface area (Å²) in [6, 6.07) is 0. The molecule has 0 aromatic rings. The number of nitrogens with one attached hydrogen (secondary N) is 1. The fourth-order valence-corrected chi connectivity index (χ4v) is 0.980. The van der Waals surface area contributed by atoms with Gasteiger partial charge in [0, 0.05) is 6.54 Å². The van der Waals surface area contributed by atoms with Crippen molar-refractivity contribution in [3.05, 3.63) is 0 Å². The third-order valence-electron chi connectivity index (χ3n) is 0.837. The second-order valence-electron chi connectivity index (χ2n) is 1.77. The first kappa shape index (κ1) is 11.7. The van der Waals surface area contributed by atoms with Crippen LogP contribution in [0.1, 0.15) is 0 Å². The van der Waals surface area contributed by atoms with Gasteiger partial charge in [0.2, 0.25) is 0 Å². The summed E-state index contributed by atoms with van der Waals surface area (Å²) in [4.78, 5) is 4.12. The molecule has 1 aliphatic heterocycles. The molecule has 0 aromatic heterocycles. The Morgan fingerprint density at radius 3 is 2.25 bits per heavy atom. The zero-order valence-electron chi connectivity index (χ0n) is 6.39. The van der Waals surface area contributed by atoms with Crippen molar-refractivity contribution in [1.29, 1.82) is 0 Å². The lowest BCUT2D eigenvalue weighted by atomic mass is 10.7. The van der Waals surface area contributed by atoms with Crippen LogP contribution in [-0.2, 0) is 10.4 Å². The topological polar surface area (TPSA) is 99.0 Å². The Hall–Kier alpha value is -0.310. The lowest BCUT2D eigenvalue weighted by Gasteiger charge is -1.91. The van der Waals surface area contributed by atoms with Crippen LogP contribution in [0.4, 0.5) is 0 Å². The van der Waals surface area contributed by atoms with Crippen LogP contribution in [0.3, 0.4) is 0 Å². The van der Waals surface area contributed by atoms with E-state index in [4.69, 9.17) is 17.5 Å². The Morgan fingerprint density at radius 1 is 1.58 bits per heavy atom. The third kappa shape index (κ3) is 9.69. The average molecular weight is 214 g/mol. The number of aliphatic imine (C=N–C) groups is 1. The molecule has 0 amide bonds. The van der Waals surface area contributed by atoms with Gasteiger partial charge in [0.25, 0.3) is 0 Å². The molecule has 6 nitrogen and oxygen atoms in total. The van der Waals surface area contributed by atoms with E-state index < -0.39 is 10.4 Å². The first-order valence-corrected chi connectivity index (χ1v) is 5.58. The highest BCUT2D eigenvalue weighted by Crippen LogP contribution is 1.97. The van der Waals surface area contributed by atoms with Gasteiger partial charge in [0.05, 0.1) is 6.54 Å². The van der Waals surface area contributed by atoms with Crippen LogP contribution in [0.2, 0.25) is 0 Å². The summed E-state index contributed by atoms with van der Waals surface area (Å²) >= 11 is 1.67. The van der Waals surface area contributed by atoms with Crippen LogP contribution in [-0.4, -0.2) is 42.0 Å². The van der Waals surface area contributed by atoms with Crippen LogP contribution in [0.15, 0.2) is 4.99 Å². The van der Waals surface area contributed by atoms with Crippen LogP contribution >= 0.6 is 11.8 Å². The lowest BCUT2D eigenvalue weighted by molar-refractivity contribution is 0.381. The smallest absolute Gasteiger partial charge is 0.363 e. The van der Waals surface area contributed by atoms with E-state index >= 15 is 0 Å². The summed E-state index contributed by atoms with van der Waals surface area (Å²) in [6.07, 6.45) is 2.02. The van der Waals surface area contributed by atoms with E-state index in [1.54, 1.807) is 11.8 Å². The van der Waals surface area contributed by atoms with Gasteiger partial charge in [0.15, 0.2) is 5.17 Å². The maximum atomic E-state index is 8.74. The maximum Gasteiger partial charge on any atom is 0.394 e. The molecule has 0 saturated carbocycles. The average Bonchev–Trinajstić information content (AvgIpc) is 2.33. The van der Waals surface area contributed by atoms with Gasteiger partial charge in [-0.15, -0.1) is 0 Å². The summed E-state index contributed by atoms with van der Waals surface area (Å²) in [5.41, 5.74) is 0. The maximum absolute atomic E-state index is 8.74. The standard InChI is InChI=1S/C4H8N2S.H2O4S/c1-7-4-5-2-3-6-4;1-5(2,3)4/h2-3H2,1H3,(H,5,6);(H2,1,2,3,4). The Labute approximate surface area is 75.0 Å². The molecule has 0 radical (unpaired) electrons. The van der Waals surface area contributed by atoms with Crippen molar-refractivity contribution in [2.75, 3.05) is 19.3 Å². The van der Waals surface area contributed by atoms with Crippen molar-refractivity contribution in [2.24, 2.45) is 4.99 Å². The minimum absolute atomic E-state index is 0.955. The molecule has 1 rings (SSSR count). The number of hydrogen-bond acceptors (Lipinski definition) is 5. The number of nitrogens with zero attached hydrogens (tertiary/aromatic N) is 1. The first-order valence-electron chi connectivity index (χ1n) is 2.95. The minimum Gasteiger partial charge on any atom is -0.363 e. The van der Waals surface area contributed by atoms with Crippen LogP contribution in [0.5, 0.6) is 0 Å². The molecule has 3 N–H and O–H groups in total. The van der Waals surface area contributed by atoms with Crippen molar-refractivity contribution in [1.82, 2.24) is 5.32 Å². The molecule has 0 spiro atoms. The van der Waals surface area contributed by atoms with E-state index in [9.17, 15) is 0 Å². The molecule has 1 aliphatic rings. The predicted octanol–water partition coefficient (Wildman–Crippen LogP) is -0.344. The van der Waals surface area contributed by atoms with Crippen molar-refractivity contribution >= 4 is 27.3 Å². The summed E-state index contributed by atoms with van der Waals surface area (Å²) in [5, 5.41) is 4.20. The van der Waals surface area contributed by atoms with Crippen molar-refractivity contribution in [3.8, 4) is 0 Å². The molecular weight excluding hydrogens is 204 g/mol. The van der Waals surface area contributed by atoms with Crippen LogP contribution in [0, 0.1) is 0 Å². The minimum atomic E-state index is -4.67. The highest BCUT2D eigenvalue weighted by Gasteiger charge is 1.99. The molecule has 0 atom stereocenters. The van der Waals surface area contributed by atoms with Gasteiger partial charge >= 0.3 is 10.4 Å². The molecule has 0 saturated heterocycles.